The highest BCUT2D eigenvalue weighted by molar-refractivity contribution is 6.01. The average molecular weight is 584 g/mol. The lowest BCUT2D eigenvalue weighted by Crippen LogP contribution is -2.56. The van der Waals surface area contributed by atoms with Crippen molar-refractivity contribution in [3.63, 3.8) is 0 Å². The predicted octanol–water partition coefficient (Wildman–Crippen LogP) is 2.45. The van der Waals surface area contributed by atoms with Crippen LogP contribution >= 0.6 is 0 Å². The molecule has 1 aromatic heterocycles. The van der Waals surface area contributed by atoms with Crippen LogP contribution in [0.2, 0.25) is 0 Å². The molecule has 2 saturated heterocycles. The Morgan fingerprint density at radius 2 is 1.86 bits per heavy atom. The molecule has 3 aliphatic rings. The number of likely N-dealkylation sites (N-methyl/N-ethyl adjacent to an activating group) is 1. The topological polar surface area (TPSA) is 109 Å². The molecule has 0 aliphatic carbocycles. The van der Waals surface area contributed by atoms with Gasteiger partial charge >= 0.3 is 0 Å². The van der Waals surface area contributed by atoms with Gasteiger partial charge in [0.2, 0.25) is 11.8 Å². The zero-order valence-electron chi connectivity index (χ0n) is 25.0. The van der Waals surface area contributed by atoms with Gasteiger partial charge in [0.15, 0.2) is 0 Å². The summed E-state index contributed by atoms with van der Waals surface area (Å²) in [6.45, 7) is 14.5. The Labute approximate surface area is 253 Å². The predicted molar refractivity (Wildman–Crippen MR) is 166 cm³/mol. The second-order valence-corrected chi connectivity index (χ2v) is 11.7. The largest absolute Gasteiger partial charge is 0.378 e. The molecule has 2 amide bonds. The summed E-state index contributed by atoms with van der Waals surface area (Å²) in [6.07, 6.45) is 1.82. The van der Waals surface area contributed by atoms with E-state index in [1.54, 1.807) is 4.90 Å². The molecule has 2 fully saturated rings. The van der Waals surface area contributed by atoms with E-state index < -0.39 is 6.04 Å². The van der Waals surface area contributed by atoms with E-state index in [4.69, 9.17) is 10.5 Å². The highest BCUT2D eigenvalue weighted by Gasteiger charge is 2.41. The Hall–Kier alpha value is -3.83. The molecular weight excluding hydrogens is 542 g/mol. The highest BCUT2D eigenvalue weighted by Crippen LogP contribution is 2.41. The second-order valence-electron chi connectivity index (χ2n) is 11.7. The molecule has 0 bridgehead atoms. The molecule has 2 unspecified atom stereocenters. The third kappa shape index (κ3) is 5.75. The van der Waals surface area contributed by atoms with Gasteiger partial charge < -0.3 is 15.8 Å². The number of ether oxygens (including phenoxy) is 1. The van der Waals surface area contributed by atoms with Crippen molar-refractivity contribution in [2.75, 3.05) is 57.4 Å². The molecule has 43 heavy (non-hydrogen) atoms. The maximum Gasteiger partial charge on any atom is 0.248 e. The number of nitrogens with zero attached hydrogens (tertiary/aromatic N) is 5. The van der Waals surface area contributed by atoms with Gasteiger partial charge in [-0.1, -0.05) is 49.0 Å². The minimum Gasteiger partial charge on any atom is -0.378 e. The van der Waals surface area contributed by atoms with E-state index in [1.807, 2.05) is 79.3 Å². The zero-order chi connectivity index (χ0) is 30.1. The van der Waals surface area contributed by atoms with E-state index in [9.17, 15) is 9.59 Å². The number of carbonyl (C=O) groups excluding carboxylic acids is 2. The van der Waals surface area contributed by atoms with Crippen molar-refractivity contribution in [3.8, 4) is 5.69 Å². The SMILES string of the molecule is C=C(CN1CCN(C2COC2)CC1)C(=O)N[C@@H](C)c1cccc(C2c3cnn(-c4ccccc4)c3N(CC)C(=O)C2N)c1. The van der Waals surface area contributed by atoms with Gasteiger partial charge in [0.1, 0.15) is 5.82 Å². The molecule has 0 radical (unpaired) electrons. The van der Waals surface area contributed by atoms with Crippen LogP contribution in [-0.2, 0) is 14.3 Å². The quantitative estimate of drug-likeness (QED) is 0.373. The number of para-hydroxylation sites is 1. The number of rotatable bonds is 9. The third-order valence-corrected chi connectivity index (χ3v) is 8.99. The summed E-state index contributed by atoms with van der Waals surface area (Å²) in [5.74, 6) is 0.0888. The van der Waals surface area contributed by atoms with Crippen LogP contribution in [0, 0.1) is 0 Å². The standard InChI is InChI=1S/C33H41N7O3/c1-4-39-32-28(18-35-40(32)26-11-6-5-7-12-26)29(30(34)33(39)42)25-10-8-9-24(17-25)23(3)36-31(41)22(2)19-37-13-15-38(16-14-37)27-20-43-21-27/h5-12,17-18,23,27,29-30H,2,4,13-16,19-21,34H2,1,3H3,(H,36,41)/t23-,29?,30?/m0/s1. The first-order chi connectivity index (χ1) is 20.9. The molecule has 2 aromatic carbocycles. The number of hydrogen-bond acceptors (Lipinski definition) is 7. The summed E-state index contributed by atoms with van der Waals surface area (Å²) in [5, 5.41) is 7.81. The number of amides is 2. The Morgan fingerprint density at radius 3 is 2.53 bits per heavy atom. The van der Waals surface area contributed by atoms with Crippen LogP contribution in [0.15, 0.2) is 72.9 Å². The van der Waals surface area contributed by atoms with Crippen LogP contribution in [0.3, 0.4) is 0 Å². The lowest BCUT2D eigenvalue weighted by molar-refractivity contribution is -0.120. The Balaban J connectivity index is 1.16. The van der Waals surface area contributed by atoms with Gasteiger partial charge in [0.25, 0.3) is 0 Å². The maximum absolute atomic E-state index is 13.5. The molecule has 226 valence electrons. The molecule has 3 aromatic rings. The van der Waals surface area contributed by atoms with E-state index in [0.717, 1.165) is 67.6 Å². The number of fused-ring (bicyclic) bond motifs is 1. The van der Waals surface area contributed by atoms with Crippen LogP contribution in [0.4, 0.5) is 5.82 Å². The third-order valence-electron chi connectivity index (χ3n) is 8.99. The number of piperazine rings is 1. The van der Waals surface area contributed by atoms with Crippen molar-refractivity contribution in [3.05, 3.63) is 89.6 Å². The van der Waals surface area contributed by atoms with Gasteiger partial charge in [-0.3, -0.25) is 24.3 Å². The van der Waals surface area contributed by atoms with E-state index in [-0.39, 0.29) is 23.8 Å². The summed E-state index contributed by atoms with van der Waals surface area (Å²) in [5.41, 5.74) is 10.8. The maximum atomic E-state index is 13.5. The smallest absolute Gasteiger partial charge is 0.248 e. The van der Waals surface area contributed by atoms with Gasteiger partial charge in [0.05, 0.1) is 43.2 Å². The first-order valence-corrected chi connectivity index (χ1v) is 15.2. The van der Waals surface area contributed by atoms with Crippen molar-refractivity contribution >= 4 is 17.6 Å². The molecule has 6 rings (SSSR count). The number of hydrogen-bond donors (Lipinski definition) is 2. The number of nitrogens with one attached hydrogen (secondary N) is 1. The molecule has 3 atom stereocenters. The molecule has 10 nitrogen and oxygen atoms in total. The summed E-state index contributed by atoms with van der Waals surface area (Å²) in [4.78, 5) is 33.2. The van der Waals surface area contributed by atoms with Crippen LogP contribution in [0.25, 0.3) is 5.69 Å². The zero-order valence-corrected chi connectivity index (χ0v) is 25.0. The van der Waals surface area contributed by atoms with Gasteiger partial charge in [-0.15, -0.1) is 0 Å². The fourth-order valence-corrected chi connectivity index (χ4v) is 6.38. The van der Waals surface area contributed by atoms with Gasteiger partial charge in [0, 0.05) is 56.3 Å². The summed E-state index contributed by atoms with van der Waals surface area (Å²) in [6, 6.07) is 17.3. The van der Waals surface area contributed by atoms with Crippen molar-refractivity contribution in [2.45, 2.75) is 37.9 Å². The first-order valence-electron chi connectivity index (χ1n) is 15.2. The van der Waals surface area contributed by atoms with Crippen LogP contribution in [-0.4, -0.2) is 96.0 Å². The van der Waals surface area contributed by atoms with E-state index >= 15 is 0 Å². The fraction of sp³-hybridized carbons (Fsp3) is 0.424. The van der Waals surface area contributed by atoms with Crippen LogP contribution < -0.4 is 16.0 Å². The normalized spacial score (nSPS) is 22.1. The van der Waals surface area contributed by atoms with Crippen LogP contribution in [0.5, 0.6) is 0 Å². The summed E-state index contributed by atoms with van der Waals surface area (Å²) in [7, 11) is 0. The minimum atomic E-state index is -0.752. The molecule has 3 N–H and O–H groups in total. The molecule has 3 aliphatic heterocycles. The highest BCUT2D eigenvalue weighted by atomic mass is 16.5. The molecule has 0 spiro atoms. The molecule has 0 saturated carbocycles. The first kappa shape index (κ1) is 29.3. The number of anilines is 1. The monoisotopic (exact) mass is 583 g/mol. The Morgan fingerprint density at radius 1 is 1.12 bits per heavy atom. The lowest BCUT2D eigenvalue weighted by Gasteiger charge is -2.42. The fourth-order valence-electron chi connectivity index (χ4n) is 6.38. The minimum absolute atomic E-state index is 0.136. The van der Waals surface area contributed by atoms with Gasteiger partial charge in [-0.05, 0) is 37.1 Å². The number of nitrogens with two attached hydrogens (primary N) is 1. The average Bonchev–Trinajstić information content (AvgIpc) is 3.42. The Bertz CT molecular complexity index is 1480. The van der Waals surface area contributed by atoms with Gasteiger partial charge in [-0.2, -0.15) is 5.10 Å². The van der Waals surface area contributed by atoms with E-state index in [1.165, 1.54) is 0 Å². The molecule has 10 heteroatoms. The lowest BCUT2D eigenvalue weighted by atomic mass is 9.82. The van der Waals surface area contributed by atoms with E-state index in [0.29, 0.717) is 24.7 Å². The van der Waals surface area contributed by atoms with Crippen molar-refractivity contribution in [1.29, 1.82) is 0 Å². The molecule has 4 heterocycles. The number of carbonyl (C=O) groups is 2. The summed E-state index contributed by atoms with van der Waals surface area (Å²) < 4.78 is 7.14. The summed E-state index contributed by atoms with van der Waals surface area (Å²) >= 11 is 0. The van der Waals surface area contributed by atoms with Crippen LogP contribution in [0.1, 0.15) is 42.5 Å². The van der Waals surface area contributed by atoms with Crippen molar-refractivity contribution < 1.29 is 14.3 Å². The Kier molecular flexibility index (Phi) is 8.45. The number of benzene rings is 2. The molecular formula is C33H41N7O3. The second kappa shape index (κ2) is 12.4. The van der Waals surface area contributed by atoms with Crippen molar-refractivity contribution in [2.24, 2.45) is 5.73 Å². The van der Waals surface area contributed by atoms with E-state index in [2.05, 4.69) is 26.8 Å². The number of aromatic nitrogens is 2. The van der Waals surface area contributed by atoms with Gasteiger partial charge in [-0.25, -0.2) is 4.68 Å². The van der Waals surface area contributed by atoms with Crippen molar-refractivity contribution in [1.82, 2.24) is 24.9 Å².